The molecule has 35 nitrogen and oxygen atoms in total. The van der Waals surface area contributed by atoms with E-state index in [1.807, 2.05) is 166 Å². The van der Waals surface area contributed by atoms with E-state index in [9.17, 15) is 53.8 Å². The molecule has 0 unspecified atom stereocenters. The van der Waals surface area contributed by atoms with E-state index < -0.39 is 38.3 Å². The van der Waals surface area contributed by atoms with E-state index in [0.29, 0.717) is 102 Å². The van der Waals surface area contributed by atoms with Crippen molar-refractivity contribution >= 4 is 227 Å². The number of esters is 1. The lowest BCUT2D eigenvalue weighted by Crippen LogP contribution is -2.37. The summed E-state index contributed by atoms with van der Waals surface area (Å²) in [6.45, 7) is 30.8. The first-order chi connectivity index (χ1) is 70.9. The van der Waals surface area contributed by atoms with Crippen LogP contribution in [0.2, 0.25) is 5.02 Å². The van der Waals surface area contributed by atoms with Crippen molar-refractivity contribution in [1.82, 2.24) is 64.9 Å². The Kier molecular flexibility index (Phi) is 43.4. The van der Waals surface area contributed by atoms with Crippen molar-refractivity contribution < 1.29 is 57.5 Å². The Balaban J connectivity index is 0.000000171. The summed E-state index contributed by atoms with van der Waals surface area (Å²) in [6.07, 6.45) is 29.4. The fraction of sp³-hybridized carbons (Fsp3) is 0.523. The van der Waals surface area contributed by atoms with Crippen molar-refractivity contribution in [3.63, 3.8) is 0 Å². The Morgan fingerprint density at radius 2 is 0.780 bits per heavy atom. The molecule has 7 heterocycles. The molecule has 150 heavy (non-hydrogen) atoms. The number of nitro groups is 2. The lowest BCUT2D eigenvalue weighted by Gasteiger charge is -2.30. The third-order valence-corrected chi connectivity index (χ3v) is 29.5. The molecule has 5 saturated carbocycles. The topological polar surface area (TPSA) is 471 Å². The Morgan fingerprint density at radius 3 is 1.17 bits per heavy atom. The number of hydrogen-bond donors (Lipinski definition) is 9. The second-order valence-electron chi connectivity index (χ2n) is 43.0. The third kappa shape index (κ3) is 35.6. The second kappa shape index (κ2) is 54.6. The van der Waals surface area contributed by atoms with Gasteiger partial charge >= 0.3 is 53.1 Å². The van der Waals surface area contributed by atoms with Gasteiger partial charge in [0.05, 0.1) is 96.1 Å². The fourth-order valence-electron chi connectivity index (χ4n) is 19.4. The van der Waals surface area contributed by atoms with Crippen molar-refractivity contribution in [2.75, 3.05) is 49.2 Å². The molecule has 5 aliphatic rings. The lowest BCUT2D eigenvalue weighted by molar-refractivity contribution is -0.384. The number of fused-ring (bicyclic) bond motifs is 9. The summed E-state index contributed by atoms with van der Waals surface area (Å²) in [5, 5.41) is 45.1. The van der Waals surface area contributed by atoms with Crippen molar-refractivity contribution in [3.05, 3.63) is 191 Å². The number of aryl methyl sites for hydroxylation is 1. The number of aromatic nitrogens is 9. The Morgan fingerprint density at radius 1 is 0.447 bits per heavy atom. The van der Waals surface area contributed by atoms with Crippen LogP contribution in [0.3, 0.4) is 0 Å². The molecule has 11 N–H and O–H groups in total. The number of H-pyrrole nitrogens is 1. The number of benzene rings is 5. The molecule has 0 bridgehead atoms. The predicted octanol–water partition coefficient (Wildman–Crippen LogP) is 26.7. The number of nitrogens with zero attached hydrogens (tertiary/aromatic N) is 10. The van der Waals surface area contributed by atoms with Gasteiger partial charge in [-0.15, -0.1) is 0 Å². The van der Waals surface area contributed by atoms with Gasteiger partial charge in [0.25, 0.3) is 0 Å². The first-order valence-electron chi connectivity index (χ1n) is 51.4. The lowest BCUT2D eigenvalue weighted by atomic mass is 9.83. The number of imidazole rings is 2. The first kappa shape index (κ1) is 119. The van der Waals surface area contributed by atoms with Crippen LogP contribution in [-0.2, 0) is 35.5 Å². The monoisotopic (exact) mass is 2400 g/mol. The van der Waals surface area contributed by atoms with Crippen LogP contribution in [0.4, 0.5) is 47.6 Å². The van der Waals surface area contributed by atoms with Gasteiger partial charge in [0.1, 0.15) is 45.5 Å². The second-order valence-corrected chi connectivity index (χ2v) is 48.0. The predicted molar refractivity (Wildman–Crippen MR) is 612 cm³/mol. The van der Waals surface area contributed by atoms with E-state index in [2.05, 4.69) is 165 Å². The van der Waals surface area contributed by atoms with Crippen LogP contribution in [0.5, 0.6) is 0 Å². The molecule has 5 aromatic carbocycles. The van der Waals surface area contributed by atoms with Gasteiger partial charge in [0.15, 0.2) is 0 Å². The van der Waals surface area contributed by atoms with Crippen molar-refractivity contribution in [3.8, 4) is 0 Å². The number of ether oxygens (including phenoxy) is 5. The maximum absolute atomic E-state index is 13.0. The first-order valence-corrected chi connectivity index (χ1v) is 55.8. The highest BCUT2D eigenvalue weighted by molar-refractivity contribution is 9.11. The van der Waals surface area contributed by atoms with Crippen LogP contribution in [0, 0.1) is 49.8 Å². The minimum atomic E-state index is -0.546. The van der Waals surface area contributed by atoms with Gasteiger partial charge in [-0.1, -0.05) is 111 Å². The van der Waals surface area contributed by atoms with Gasteiger partial charge in [-0.05, 0) is 339 Å². The van der Waals surface area contributed by atoms with Gasteiger partial charge < -0.3 is 72.0 Å². The SMILES string of the molecule is CC(C)(C)OC(=O)NCC1CCC(N)CC1.CC(C)(C)OC(=O)NCC1CCC(Nc2c(N)cnc3ccc(Br)cc23)CC1.CC(C)(C)OC(=O)NCC1CCC(Nc2c([N+](=O)[O-])cnc3ccc(Br)cc23)CC1.CC(C)(C)OC(=O)NCC1CCC(n2c(=O)[nH]c3cnc4ccc(Br)cc4c32)CC1.CCCC1CCC(n2c(=O)n(C)c3cnc4ccc(Br)cc4c32)CC1.CCOC(C)=O.O=[N+]([O-])c1cnc2ccc(Br)cc2c1Cl. The van der Waals surface area contributed by atoms with E-state index >= 15 is 0 Å². The van der Waals surface area contributed by atoms with Crippen molar-refractivity contribution in [1.29, 1.82) is 0 Å². The molecule has 0 radical (unpaired) electrons. The maximum Gasteiger partial charge on any atom is 0.407 e. The molecule has 0 atom stereocenters. The average Bonchev–Trinajstić information content (AvgIpc) is 1.55. The largest absolute Gasteiger partial charge is 0.466 e. The highest BCUT2D eigenvalue weighted by atomic mass is 79.9. The number of aromatic amines is 1. The van der Waals surface area contributed by atoms with E-state index in [4.69, 9.17) is 42.0 Å². The number of hydrogen-bond acceptors (Lipinski definition) is 25. The van der Waals surface area contributed by atoms with Crippen LogP contribution in [0.25, 0.3) is 76.6 Å². The summed E-state index contributed by atoms with van der Waals surface area (Å²) in [5.41, 5.74) is 19.8. The van der Waals surface area contributed by atoms with Crippen LogP contribution in [-0.4, -0.2) is 157 Å². The number of alkyl carbamates (subject to hydrolysis) is 4. The van der Waals surface area contributed by atoms with E-state index in [-0.39, 0.29) is 64.1 Å². The Bertz CT molecular complexity index is 6820. The Hall–Kier alpha value is -10.9. The standard InChI is InChI=1S/C22H27BrN4O3.C21H27BrN4O4.C21H29BrN4O2.C20H24BrN3O.C12H24N2O2.C9H4BrClN2O2.C4H8O2/c1-22(2,3)30-21(29)25-11-13-4-7-15(8-5-13)27-19-16-10-14(23)6-9-17(16)24-12-18(19)26-20(27)28;1-21(2,3)30-20(27)24-11-13-4-7-15(8-5-13)25-19-16-10-14(22)6-9-17(16)23-12-18(19)26(28)29;1-21(2,3)28-20(27)25-11-13-4-7-15(8-5-13)26-19-16-10-14(22)6-9-18(16)24-12-17(19)23;1-3-4-13-5-8-15(9-6-13)24-19-16-11-14(21)7-10-17(16)22-12-18(19)23(2)20(24)25;1-12(2,3)16-11(15)14-8-9-4-6-10(13)7-5-9;10-5-1-2-7-6(3-5)9(11)8(4-12-7)13(14)15;1-3-6-4(2)5/h6,9-10,12-13,15H,4-5,7-8,11H2,1-3H3,(H,25,29)(H,26,28);6,9-10,12-13,15H,4-5,7-8,11H2,1-3H3,(H,23,25)(H,24,27);6,9-10,12-13,15H,4-5,7-8,11,23H2,1-3H3,(H,24,26)(H,25,27);7,10-13,15H,3-6,8-9H2,1-2H3;9-10H,4-8,13H2,1-3H3,(H,14,15);1-4H;3H2,1-2H3. The zero-order chi connectivity index (χ0) is 109. The summed E-state index contributed by atoms with van der Waals surface area (Å²) >= 11 is 23.2. The molecule has 17 rings (SSSR count). The number of anilines is 3. The number of nitrogen functional groups attached to an aromatic ring is 1. The summed E-state index contributed by atoms with van der Waals surface area (Å²) in [6, 6.07) is 30.2. The number of amides is 4. The minimum Gasteiger partial charge on any atom is -0.466 e. The Labute approximate surface area is 921 Å². The number of pyridine rings is 5. The van der Waals surface area contributed by atoms with E-state index in [1.165, 1.54) is 45.0 Å². The molecular weight excluding hydrogens is 2270 g/mol. The number of nitrogens with two attached hydrogens (primary N) is 2. The average molecular weight is 2410 g/mol. The molecule has 0 aliphatic heterocycles. The highest BCUT2D eigenvalue weighted by Gasteiger charge is 2.34. The molecule has 4 amide bonds. The number of carbonyl (C=O) groups excluding carboxylic acids is 5. The molecule has 12 aromatic rings. The number of halogens is 6. The summed E-state index contributed by atoms with van der Waals surface area (Å²) in [4.78, 5) is 128. The molecule has 812 valence electrons. The van der Waals surface area contributed by atoms with Crippen LogP contribution in [0.1, 0.15) is 257 Å². The molecular formula is C109H143Br5ClN19O16. The number of nitrogens with one attached hydrogen (secondary N) is 7. The normalized spacial score (nSPS) is 19.3. The molecule has 0 saturated heterocycles. The molecule has 0 spiro atoms. The van der Waals surface area contributed by atoms with Crippen molar-refractivity contribution in [2.45, 2.75) is 298 Å². The summed E-state index contributed by atoms with van der Waals surface area (Å²) < 4.78 is 35.8. The number of rotatable bonds is 19. The quantitative estimate of drug-likeness (QED) is 0.0157. The number of carbonyl (C=O) groups is 5. The van der Waals surface area contributed by atoms with Crippen LogP contribution >= 0.6 is 91.3 Å². The van der Waals surface area contributed by atoms with Gasteiger partial charge in [-0.3, -0.25) is 53.7 Å². The molecule has 5 aliphatic carbocycles. The maximum atomic E-state index is 13.0. The third-order valence-electron chi connectivity index (χ3n) is 26.6. The smallest absolute Gasteiger partial charge is 0.407 e. The fourth-order valence-corrected chi connectivity index (χ4v) is 21.5. The van der Waals surface area contributed by atoms with Crippen molar-refractivity contribution in [2.24, 2.45) is 42.4 Å². The van der Waals surface area contributed by atoms with Gasteiger partial charge in [0.2, 0.25) is 0 Å². The van der Waals surface area contributed by atoms with Gasteiger partial charge in [-0.25, -0.2) is 38.7 Å². The van der Waals surface area contributed by atoms with Gasteiger partial charge in [-0.2, -0.15) is 0 Å². The zero-order valence-corrected chi connectivity index (χ0v) is 97.0. The van der Waals surface area contributed by atoms with Gasteiger partial charge in [0, 0.05) is 120 Å². The minimum absolute atomic E-state index is 0.0192. The summed E-state index contributed by atoms with van der Waals surface area (Å²) in [5.74, 6) is 2.42. The van der Waals surface area contributed by atoms with Crippen LogP contribution in [0.15, 0.2) is 154 Å². The molecule has 41 heteroatoms. The zero-order valence-electron chi connectivity index (χ0n) is 88.3. The molecule has 7 aromatic heterocycles. The highest BCUT2D eigenvalue weighted by Crippen LogP contribution is 2.43. The molecule has 5 fully saturated rings. The van der Waals surface area contributed by atoms with Crippen LogP contribution < -0.4 is 54.7 Å². The van der Waals surface area contributed by atoms with E-state index in [1.54, 1.807) is 42.1 Å². The van der Waals surface area contributed by atoms with E-state index in [0.717, 1.165) is 210 Å². The summed E-state index contributed by atoms with van der Waals surface area (Å²) in [7, 11) is 1.86.